The van der Waals surface area contributed by atoms with Crippen LogP contribution in [0, 0.1) is 0 Å². The van der Waals surface area contributed by atoms with E-state index in [9.17, 15) is 13.2 Å². The third-order valence-electron chi connectivity index (χ3n) is 6.74. The molecule has 2 heterocycles. The van der Waals surface area contributed by atoms with Crippen molar-refractivity contribution < 1.29 is 17.9 Å². The van der Waals surface area contributed by atoms with E-state index < -0.39 is 22.0 Å². The smallest absolute Gasteiger partial charge is 0.324 e. The van der Waals surface area contributed by atoms with Gasteiger partial charge in [-0.15, -0.1) is 0 Å². The Morgan fingerprint density at radius 3 is 2.49 bits per heavy atom. The summed E-state index contributed by atoms with van der Waals surface area (Å²) in [5.74, 6) is -0.615. The molecule has 0 saturated carbocycles. The number of hydrogen-bond acceptors (Lipinski definition) is 6. The normalized spacial score (nSPS) is 15.9. The van der Waals surface area contributed by atoms with Gasteiger partial charge in [-0.05, 0) is 29.8 Å². The van der Waals surface area contributed by atoms with E-state index in [0.717, 1.165) is 22.3 Å². The van der Waals surface area contributed by atoms with Crippen LogP contribution in [0.3, 0.4) is 0 Å². The van der Waals surface area contributed by atoms with Gasteiger partial charge in [-0.2, -0.15) is 4.31 Å². The van der Waals surface area contributed by atoms with Crippen LogP contribution in [-0.4, -0.2) is 55.5 Å². The van der Waals surface area contributed by atoms with Crippen molar-refractivity contribution in [1.82, 2.24) is 13.9 Å². The minimum Gasteiger partial charge on any atom is -0.468 e. The molecule has 3 aromatic carbocycles. The molecule has 0 aliphatic carbocycles. The van der Waals surface area contributed by atoms with E-state index in [2.05, 4.69) is 4.98 Å². The van der Waals surface area contributed by atoms with E-state index in [-0.39, 0.29) is 17.9 Å². The van der Waals surface area contributed by atoms with Crippen LogP contribution in [0.2, 0.25) is 5.02 Å². The van der Waals surface area contributed by atoms with Gasteiger partial charge in [-0.3, -0.25) is 4.79 Å². The molecule has 1 aliphatic heterocycles. The van der Waals surface area contributed by atoms with Gasteiger partial charge in [0.05, 0.1) is 36.3 Å². The summed E-state index contributed by atoms with van der Waals surface area (Å²) in [5, 5.41) is 2.05. The molecule has 0 radical (unpaired) electrons. The van der Waals surface area contributed by atoms with E-state index >= 15 is 0 Å². The van der Waals surface area contributed by atoms with Crippen LogP contribution in [0.4, 0.5) is 5.69 Å². The van der Waals surface area contributed by atoms with Crippen molar-refractivity contribution in [1.29, 1.82) is 0 Å². The molecule has 0 N–H and O–H groups in total. The lowest BCUT2D eigenvalue weighted by atomic mass is 10.1. The van der Waals surface area contributed by atoms with Crippen LogP contribution in [-0.2, 0) is 39.1 Å². The highest BCUT2D eigenvalue weighted by molar-refractivity contribution is 7.89. The Hall–Kier alpha value is -3.40. The maximum atomic E-state index is 14.2. The van der Waals surface area contributed by atoms with E-state index in [1.807, 2.05) is 66.0 Å². The minimum absolute atomic E-state index is 0.00518. The lowest BCUT2D eigenvalue weighted by Crippen LogP contribution is -2.49. The second-order valence-corrected chi connectivity index (χ2v) is 11.5. The van der Waals surface area contributed by atoms with E-state index in [1.165, 1.54) is 11.4 Å². The topological polar surface area (TPSA) is 84.7 Å². The zero-order chi connectivity index (χ0) is 26.3. The molecule has 10 heteroatoms. The Balaban J connectivity index is 1.59. The fourth-order valence-electron chi connectivity index (χ4n) is 4.86. The first-order chi connectivity index (χ1) is 17.7. The lowest BCUT2D eigenvalue weighted by molar-refractivity contribution is -0.145. The molecular formula is C27H27ClN4O4S. The number of carbonyl (C=O) groups is 1. The van der Waals surface area contributed by atoms with Gasteiger partial charge in [-0.1, -0.05) is 48.0 Å². The third kappa shape index (κ3) is 4.58. The highest BCUT2D eigenvalue weighted by Crippen LogP contribution is 2.35. The van der Waals surface area contributed by atoms with E-state index in [0.29, 0.717) is 22.6 Å². The van der Waals surface area contributed by atoms with Gasteiger partial charge in [0.2, 0.25) is 10.0 Å². The summed E-state index contributed by atoms with van der Waals surface area (Å²) in [6.45, 7) is 0.492. The number of ether oxygens (including phenoxy) is 1. The summed E-state index contributed by atoms with van der Waals surface area (Å²) in [4.78, 5) is 19.4. The first kappa shape index (κ1) is 25.3. The van der Waals surface area contributed by atoms with Crippen LogP contribution < -0.4 is 4.90 Å². The van der Waals surface area contributed by atoms with Crippen molar-refractivity contribution in [2.45, 2.75) is 30.4 Å². The van der Waals surface area contributed by atoms with Crippen LogP contribution in [0.15, 0.2) is 71.9 Å². The number of esters is 1. The van der Waals surface area contributed by atoms with Crippen molar-refractivity contribution in [3.05, 3.63) is 89.0 Å². The number of halogens is 1. The summed E-state index contributed by atoms with van der Waals surface area (Å²) < 4.78 is 36.6. The number of aromatic nitrogens is 2. The van der Waals surface area contributed by atoms with Crippen molar-refractivity contribution in [2.75, 3.05) is 26.1 Å². The Bertz CT molecular complexity index is 1580. The van der Waals surface area contributed by atoms with Crippen molar-refractivity contribution in [2.24, 2.45) is 0 Å². The first-order valence-electron chi connectivity index (χ1n) is 11.8. The third-order valence-corrected chi connectivity index (χ3v) is 8.90. The zero-order valence-corrected chi connectivity index (χ0v) is 22.3. The monoisotopic (exact) mass is 538 g/mol. The number of hydrogen-bond donors (Lipinski definition) is 0. The van der Waals surface area contributed by atoms with E-state index in [1.54, 1.807) is 24.5 Å². The molecule has 192 valence electrons. The van der Waals surface area contributed by atoms with Crippen LogP contribution >= 0.6 is 11.6 Å². The van der Waals surface area contributed by atoms with Gasteiger partial charge >= 0.3 is 5.97 Å². The SMILES string of the molecule is COC(=O)[C@@H]1Cc2ncn(Cc3ccc(Cl)cc3)c2CN1S(=O)(=O)c1cccc2c(N(C)C)cccc12. The number of fused-ring (bicyclic) bond motifs is 2. The summed E-state index contributed by atoms with van der Waals surface area (Å²) in [7, 11) is 0.999. The number of imidazole rings is 1. The van der Waals surface area contributed by atoms with Crippen LogP contribution in [0.1, 0.15) is 17.0 Å². The number of methoxy groups -OCH3 is 1. The molecule has 1 aliphatic rings. The molecule has 1 atom stereocenters. The molecule has 4 aromatic rings. The number of nitrogens with zero attached hydrogens (tertiary/aromatic N) is 4. The quantitative estimate of drug-likeness (QED) is 0.344. The molecule has 5 rings (SSSR count). The Morgan fingerprint density at radius 1 is 1.08 bits per heavy atom. The van der Waals surface area contributed by atoms with Crippen molar-refractivity contribution >= 4 is 44.1 Å². The molecule has 0 amide bonds. The fraction of sp³-hybridized carbons (Fsp3) is 0.259. The second-order valence-electron chi connectivity index (χ2n) is 9.21. The molecule has 1 aromatic heterocycles. The van der Waals surface area contributed by atoms with E-state index in [4.69, 9.17) is 16.3 Å². The van der Waals surface area contributed by atoms with Crippen molar-refractivity contribution in [3.63, 3.8) is 0 Å². The van der Waals surface area contributed by atoms with Gasteiger partial charge in [0.1, 0.15) is 6.04 Å². The molecule has 37 heavy (non-hydrogen) atoms. The van der Waals surface area contributed by atoms with Crippen molar-refractivity contribution in [3.8, 4) is 0 Å². The number of benzene rings is 3. The maximum absolute atomic E-state index is 14.2. The molecule has 0 bridgehead atoms. The number of rotatable bonds is 6. The summed E-state index contributed by atoms with van der Waals surface area (Å²) in [6, 6.07) is 17.2. The predicted molar refractivity (Wildman–Crippen MR) is 143 cm³/mol. The molecular weight excluding hydrogens is 512 g/mol. The highest BCUT2D eigenvalue weighted by Gasteiger charge is 2.42. The maximum Gasteiger partial charge on any atom is 0.324 e. The summed E-state index contributed by atoms with van der Waals surface area (Å²) >= 11 is 6.03. The van der Waals surface area contributed by atoms with Gasteiger partial charge in [-0.25, -0.2) is 13.4 Å². The summed E-state index contributed by atoms with van der Waals surface area (Å²) in [6.07, 6.45) is 1.81. The molecule has 8 nitrogen and oxygen atoms in total. The average molecular weight is 539 g/mol. The molecule has 0 spiro atoms. The number of carbonyl (C=O) groups excluding carboxylic acids is 1. The second kappa shape index (κ2) is 9.81. The van der Waals surface area contributed by atoms with Crippen LogP contribution in [0.25, 0.3) is 10.8 Å². The first-order valence-corrected chi connectivity index (χ1v) is 13.6. The fourth-order valence-corrected chi connectivity index (χ4v) is 6.74. The van der Waals surface area contributed by atoms with Gasteiger partial charge in [0.15, 0.2) is 0 Å². The number of anilines is 1. The Labute approximate surface area is 221 Å². The highest BCUT2D eigenvalue weighted by atomic mass is 35.5. The Morgan fingerprint density at radius 2 is 1.78 bits per heavy atom. The van der Waals surface area contributed by atoms with Gasteiger partial charge < -0.3 is 14.2 Å². The average Bonchev–Trinajstić information content (AvgIpc) is 3.29. The largest absolute Gasteiger partial charge is 0.468 e. The predicted octanol–water partition coefficient (Wildman–Crippen LogP) is 4.09. The zero-order valence-electron chi connectivity index (χ0n) is 20.8. The standard InChI is InChI=1S/C27H27ClN4O4S/c1-30(2)23-8-4-7-21-20(23)6-5-9-26(21)37(34,35)32-16-25-22(14-24(32)27(33)36-3)29-17-31(25)15-18-10-12-19(28)13-11-18/h4-13,17,24H,14-16H2,1-3H3/t24-/m0/s1. The van der Waals surface area contributed by atoms with Gasteiger partial charge in [0, 0.05) is 48.5 Å². The van der Waals surface area contributed by atoms with Crippen LogP contribution in [0.5, 0.6) is 0 Å². The Kier molecular flexibility index (Phi) is 6.70. The van der Waals surface area contributed by atoms with Gasteiger partial charge in [0.25, 0.3) is 0 Å². The molecule has 0 fully saturated rings. The molecule has 0 unspecified atom stereocenters. The molecule has 0 saturated heterocycles. The minimum atomic E-state index is -4.10. The lowest BCUT2D eigenvalue weighted by Gasteiger charge is -2.33. The number of sulfonamides is 1. The summed E-state index contributed by atoms with van der Waals surface area (Å²) in [5.41, 5.74) is 3.33.